The van der Waals surface area contributed by atoms with Crippen molar-refractivity contribution in [1.29, 1.82) is 0 Å². The van der Waals surface area contributed by atoms with Crippen LogP contribution in [0, 0.1) is 11.3 Å². The average molecular weight is 474 g/mol. The Hall–Kier alpha value is -3.46. The highest BCUT2D eigenvalue weighted by Gasteiger charge is 2.34. The zero-order valence-electron chi connectivity index (χ0n) is 20.3. The van der Waals surface area contributed by atoms with Crippen molar-refractivity contribution in [1.82, 2.24) is 16.1 Å². The van der Waals surface area contributed by atoms with E-state index in [4.69, 9.17) is 10.3 Å². The molecular weight excluding hydrogens is 438 g/mol. The number of nitrogens with one attached hydrogen (secondary N) is 3. The average Bonchev–Trinajstić information content (AvgIpc) is 2.80. The quantitative estimate of drug-likeness (QED) is 0.294. The van der Waals surface area contributed by atoms with Gasteiger partial charge in [-0.15, -0.1) is 0 Å². The van der Waals surface area contributed by atoms with E-state index in [2.05, 4.69) is 10.6 Å². The van der Waals surface area contributed by atoms with Gasteiger partial charge in [0.25, 0.3) is 0 Å². The Morgan fingerprint density at radius 2 is 1.56 bits per heavy atom. The first-order valence-electron chi connectivity index (χ1n) is 11.1. The molecule has 0 saturated carbocycles. The number of hydroxylamine groups is 1. The first-order chi connectivity index (χ1) is 15.9. The fourth-order valence-corrected chi connectivity index (χ4v) is 3.26. The molecule has 0 aliphatic carbocycles. The van der Waals surface area contributed by atoms with Crippen molar-refractivity contribution in [2.75, 3.05) is 7.05 Å². The summed E-state index contributed by atoms with van der Waals surface area (Å²) in [6, 6.07) is 13.0. The highest BCUT2D eigenvalue weighted by Crippen LogP contribution is 2.22. The molecule has 1 unspecified atom stereocenters. The van der Waals surface area contributed by atoms with Crippen LogP contribution in [0.3, 0.4) is 0 Å². The lowest BCUT2D eigenvalue weighted by atomic mass is 9.85. The van der Waals surface area contributed by atoms with Crippen LogP contribution in [0.25, 0.3) is 10.8 Å². The van der Waals surface area contributed by atoms with Crippen molar-refractivity contribution in [3.05, 3.63) is 48.0 Å². The Morgan fingerprint density at radius 1 is 0.971 bits per heavy atom. The number of carboxylic acid groups (broad SMARTS) is 1. The van der Waals surface area contributed by atoms with Gasteiger partial charge in [-0.25, -0.2) is 5.48 Å². The van der Waals surface area contributed by atoms with Gasteiger partial charge in [0.05, 0.1) is 5.92 Å². The number of likely N-dealkylation sites (N-methyl/N-ethyl adjacent to an activating group) is 1. The predicted octanol–water partition coefficient (Wildman–Crippen LogP) is 2.65. The summed E-state index contributed by atoms with van der Waals surface area (Å²) < 4.78 is 0. The molecule has 2 aromatic rings. The molecule has 186 valence electrons. The summed E-state index contributed by atoms with van der Waals surface area (Å²) in [5.41, 5.74) is 1.96. The van der Waals surface area contributed by atoms with Gasteiger partial charge in [0.2, 0.25) is 17.7 Å². The van der Waals surface area contributed by atoms with Gasteiger partial charge >= 0.3 is 5.97 Å². The lowest BCUT2D eigenvalue weighted by Crippen LogP contribution is -2.54. The Bertz CT molecular complexity index is 1000. The molecule has 9 heteroatoms. The van der Waals surface area contributed by atoms with E-state index in [1.165, 1.54) is 7.05 Å². The van der Waals surface area contributed by atoms with Gasteiger partial charge in [0.15, 0.2) is 0 Å². The summed E-state index contributed by atoms with van der Waals surface area (Å²) in [6.45, 7) is 7.16. The molecule has 0 saturated heterocycles. The van der Waals surface area contributed by atoms with Gasteiger partial charge in [-0.3, -0.25) is 24.4 Å². The first kappa shape index (κ1) is 28.6. The molecule has 0 radical (unpaired) electrons. The summed E-state index contributed by atoms with van der Waals surface area (Å²) in [6.07, 6.45) is 0.328. The van der Waals surface area contributed by atoms with Crippen molar-refractivity contribution in [3.63, 3.8) is 0 Å². The van der Waals surface area contributed by atoms with Crippen LogP contribution in [0.2, 0.25) is 0 Å². The maximum atomic E-state index is 13.0. The molecule has 3 amide bonds. The number of carboxylic acids is 1. The molecule has 0 spiro atoms. The number of benzene rings is 2. The summed E-state index contributed by atoms with van der Waals surface area (Å²) in [4.78, 5) is 46.4. The number of rotatable bonds is 8. The molecule has 2 rings (SSSR count). The second-order valence-corrected chi connectivity index (χ2v) is 8.99. The van der Waals surface area contributed by atoms with Gasteiger partial charge in [-0.1, -0.05) is 70.2 Å². The molecule has 0 fully saturated rings. The fraction of sp³-hybridized carbons (Fsp3) is 0.440. The van der Waals surface area contributed by atoms with E-state index in [-0.39, 0.29) is 18.7 Å². The van der Waals surface area contributed by atoms with E-state index in [0.29, 0.717) is 6.42 Å². The van der Waals surface area contributed by atoms with E-state index in [1.807, 2.05) is 63.2 Å². The minimum atomic E-state index is -0.753. The monoisotopic (exact) mass is 473 g/mol. The minimum absolute atomic E-state index is 0.195. The summed E-state index contributed by atoms with van der Waals surface area (Å²) in [5.74, 6) is -2.85. The molecule has 0 heterocycles. The lowest BCUT2D eigenvalue weighted by Gasteiger charge is -2.31. The summed E-state index contributed by atoms with van der Waals surface area (Å²) in [7, 11) is 1.51. The molecule has 34 heavy (non-hydrogen) atoms. The molecular formula is C25H35N3O6. The maximum absolute atomic E-state index is 13.0. The SMILES string of the molecule is CCC(=O)O.CNC(=O)[C@@H](NC(=O)C(CC(=O)NO)Cc1ccc2ccccc2c1)C(C)(C)C. The van der Waals surface area contributed by atoms with E-state index < -0.39 is 35.2 Å². The topological polar surface area (TPSA) is 145 Å². The van der Waals surface area contributed by atoms with Crippen molar-refractivity contribution in [3.8, 4) is 0 Å². The number of fused-ring (bicyclic) bond motifs is 1. The van der Waals surface area contributed by atoms with Crippen LogP contribution < -0.4 is 16.1 Å². The number of hydrogen-bond donors (Lipinski definition) is 5. The van der Waals surface area contributed by atoms with Crippen molar-refractivity contribution >= 4 is 34.5 Å². The number of aliphatic carboxylic acids is 1. The second kappa shape index (κ2) is 13.3. The van der Waals surface area contributed by atoms with E-state index in [1.54, 1.807) is 12.4 Å². The van der Waals surface area contributed by atoms with Gasteiger partial charge in [-0.2, -0.15) is 0 Å². The molecule has 0 aliphatic heterocycles. The van der Waals surface area contributed by atoms with Crippen molar-refractivity contribution < 1.29 is 29.5 Å². The largest absolute Gasteiger partial charge is 0.481 e. The molecule has 0 aliphatic rings. The minimum Gasteiger partial charge on any atom is -0.481 e. The number of carbonyl (C=O) groups is 4. The van der Waals surface area contributed by atoms with E-state index in [0.717, 1.165) is 16.3 Å². The zero-order valence-corrected chi connectivity index (χ0v) is 20.3. The number of amides is 3. The van der Waals surface area contributed by atoms with Crippen LogP contribution in [-0.2, 0) is 25.6 Å². The number of hydrogen-bond acceptors (Lipinski definition) is 5. The highest BCUT2D eigenvalue weighted by molar-refractivity contribution is 5.91. The summed E-state index contributed by atoms with van der Waals surface area (Å²) in [5, 5.41) is 24.1. The van der Waals surface area contributed by atoms with Crippen molar-refractivity contribution in [2.24, 2.45) is 11.3 Å². The Labute approximate surface area is 199 Å². The maximum Gasteiger partial charge on any atom is 0.303 e. The first-order valence-corrected chi connectivity index (χ1v) is 11.1. The lowest BCUT2D eigenvalue weighted by molar-refractivity contribution is -0.137. The standard InChI is InChI=1S/C22H29N3O4.C3H6O2/c1-22(2,3)19(21(28)23-4)24-20(27)17(13-18(26)25-29)12-14-9-10-15-7-5-6-8-16(15)11-14;1-2-3(4)5/h5-11,17,19,29H,12-13H2,1-4H3,(H,23,28)(H,24,27)(H,25,26);2H2,1H3,(H,4,5)/t17?,19-;/m1./s1. The third-order valence-electron chi connectivity index (χ3n) is 5.19. The van der Waals surface area contributed by atoms with Gasteiger partial charge in [0, 0.05) is 19.9 Å². The van der Waals surface area contributed by atoms with Crippen molar-refractivity contribution in [2.45, 2.75) is 53.0 Å². The Balaban J connectivity index is 0.00000104. The van der Waals surface area contributed by atoms with Crippen LogP contribution in [-0.4, -0.2) is 47.1 Å². The van der Waals surface area contributed by atoms with Gasteiger partial charge in [0.1, 0.15) is 6.04 Å². The van der Waals surface area contributed by atoms with E-state index in [9.17, 15) is 19.2 Å². The van der Waals surface area contributed by atoms with Gasteiger partial charge < -0.3 is 15.7 Å². The Kier molecular flexibility index (Phi) is 11.2. The van der Waals surface area contributed by atoms with Crippen LogP contribution in [0.5, 0.6) is 0 Å². The molecule has 2 aromatic carbocycles. The molecule has 5 N–H and O–H groups in total. The molecule has 0 bridgehead atoms. The second-order valence-electron chi connectivity index (χ2n) is 8.99. The van der Waals surface area contributed by atoms with Crippen LogP contribution in [0.4, 0.5) is 0 Å². The third kappa shape index (κ3) is 9.19. The highest BCUT2D eigenvalue weighted by atomic mass is 16.5. The number of carbonyl (C=O) groups excluding carboxylic acids is 3. The normalized spacial score (nSPS) is 12.5. The molecule has 0 aromatic heterocycles. The fourth-order valence-electron chi connectivity index (χ4n) is 3.26. The zero-order chi connectivity index (χ0) is 25.9. The van der Waals surface area contributed by atoms with Crippen LogP contribution >= 0.6 is 0 Å². The summed E-state index contributed by atoms with van der Waals surface area (Å²) >= 11 is 0. The third-order valence-corrected chi connectivity index (χ3v) is 5.19. The van der Waals surface area contributed by atoms with Gasteiger partial charge in [-0.05, 0) is 28.2 Å². The van der Waals surface area contributed by atoms with Crippen LogP contribution in [0.1, 0.15) is 46.1 Å². The molecule has 2 atom stereocenters. The van der Waals surface area contributed by atoms with Crippen LogP contribution in [0.15, 0.2) is 42.5 Å². The smallest absolute Gasteiger partial charge is 0.303 e. The molecule has 9 nitrogen and oxygen atoms in total. The van der Waals surface area contributed by atoms with E-state index >= 15 is 0 Å². The predicted molar refractivity (Wildman–Crippen MR) is 129 cm³/mol. The Morgan fingerprint density at radius 3 is 2.06 bits per heavy atom.